The van der Waals surface area contributed by atoms with E-state index in [1.165, 1.54) is 12.8 Å². The molecule has 2 heterocycles. The summed E-state index contributed by atoms with van der Waals surface area (Å²) in [6.07, 6.45) is 2.64. The number of carbonyl (C=O) groups excluding carboxylic acids is 1. The Balaban J connectivity index is 1.47. The number of carbonyl (C=O) groups is 1. The molecule has 1 aromatic carbocycles. The van der Waals surface area contributed by atoms with E-state index in [1.807, 2.05) is 23.1 Å². The first-order chi connectivity index (χ1) is 11.6. The molecule has 2 atom stereocenters. The Kier molecular flexibility index (Phi) is 5.41. The van der Waals surface area contributed by atoms with Gasteiger partial charge in [0.25, 0.3) is 5.91 Å². The molecule has 2 fully saturated rings. The van der Waals surface area contributed by atoms with E-state index in [-0.39, 0.29) is 5.91 Å². The summed E-state index contributed by atoms with van der Waals surface area (Å²) in [7, 11) is 0. The van der Waals surface area contributed by atoms with Crippen molar-refractivity contribution in [1.29, 1.82) is 0 Å². The fraction of sp³-hybridized carbons (Fsp3) is 0.632. The summed E-state index contributed by atoms with van der Waals surface area (Å²) >= 11 is 0. The van der Waals surface area contributed by atoms with Crippen molar-refractivity contribution in [3.63, 3.8) is 0 Å². The van der Waals surface area contributed by atoms with Crippen LogP contribution in [0.15, 0.2) is 24.3 Å². The summed E-state index contributed by atoms with van der Waals surface area (Å²) in [5.41, 5.74) is 7.14. The van der Waals surface area contributed by atoms with Crippen LogP contribution in [-0.2, 0) is 0 Å². The van der Waals surface area contributed by atoms with Crippen molar-refractivity contribution in [1.82, 2.24) is 14.7 Å². The van der Waals surface area contributed by atoms with Gasteiger partial charge in [0, 0.05) is 57.0 Å². The van der Waals surface area contributed by atoms with Crippen molar-refractivity contribution in [3.8, 4) is 0 Å². The highest BCUT2D eigenvalue weighted by molar-refractivity contribution is 5.99. The SMILES string of the molecule is CC1CCC(C)N1CCN1CCN(C(=O)c2ccccc2N)CC1. The quantitative estimate of drug-likeness (QED) is 0.857. The van der Waals surface area contributed by atoms with Gasteiger partial charge in [0.05, 0.1) is 5.56 Å². The molecule has 0 spiro atoms. The number of para-hydroxylation sites is 1. The minimum absolute atomic E-state index is 0.0644. The van der Waals surface area contributed by atoms with Gasteiger partial charge in [-0.15, -0.1) is 0 Å². The van der Waals surface area contributed by atoms with E-state index in [9.17, 15) is 4.79 Å². The van der Waals surface area contributed by atoms with E-state index in [4.69, 9.17) is 5.73 Å². The van der Waals surface area contributed by atoms with Crippen LogP contribution in [-0.4, -0.2) is 72.0 Å². The van der Waals surface area contributed by atoms with Gasteiger partial charge in [-0.1, -0.05) is 12.1 Å². The number of hydrogen-bond donors (Lipinski definition) is 1. The zero-order chi connectivity index (χ0) is 17.1. The van der Waals surface area contributed by atoms with Gasteiger partial charge >= 0.3 is 0 Å². The van der Waals surface area contributed by atoms with E-state index in [0.29, 0.717) is 23.3 Å². The average Bonchev–Trinajstić information content (AvgIpc) is 2.91. The van der Waals surface area contributed by atoms with Crippen molar-refractivity contribution in [2.45, 2.75) is 38.8 Å². The normalized spacial score (nSPS) is 26.0. The second-order valence-electron chi connectivity index (χ2n) is 7.23. The standard InChI is InChI=1S/C19H30N4O/c1-15-7-8-16(2)23(15)14-11-21-9-12-22(13-10-21)19(24)17-5-3-4-6-18(17)20/h3-6,15-16H,7-14,20H2,1-2H3. The highest BCUT2D eigenvalue weighted by Crippen LogP contribution is 2.23. The number of nitrogens with zero attached hydrogens (tertiary/aromatic N) is 3. The first-order valence-corrected chi connectivity index (χ1v) is 9.18. The number of anilines is 1. The Morgan fingerprint density at radius 1 is 1.04 bits per heavy atom. The minimum atomic E-state index is 0.0644. The Labute approximate surface area is 145 Å². The fourth-order valence-electron chi connectivity index (χ4n) is 3.98. The van der Waals surface area contributed by atoms with Gasteiger partial charge < -0.3 is 10.6 Å². The average molecular weight is 330 g/mol. The van der Waals surface area contributed by atoms with Gasteiger partial charge in [0.15, 0.2) is 0 Å². The van der Waals surface area contributed by atoms with Crippen LogP contribution >= 0.6 is 0 Å². The Hall–Kier alpha value is -1.59. The van der Waals surface area contributed by atoms with Crippen molar-refractivity contribution in [3.05, 3.63) is 29.8 Å². The number of hydrogen-bond acceptors (Lipinski definition) is 4. The summed E-state index contributed by atoms with van der Waals surface area (Å²) < 4.78 is 0. The molecule has 0 bridgehead atoms. The highest BCUT2D eigenvalue weighted by atomic mass is 16.2. The predicted molar refractivity (Wildman–Crippen MR) is 98.1 cm³/mol. The maximum absolute atomic E-state index is 12.6. The van der Waals surface area contributed by atoms with Crippen LogP contribution in [0, 0.1) is 0 Å². The number of likely N-dealkylation sites (tertiary alicyclic amines) is 1. The van der Waals surface area contributed by atoms with Crippen LogP contribution in [0.3, 0.4) is 0 Å². The molecule has 0 aromatic heterocycles. The van der Waals surface area contributed by atoms with Crippen molar-refractivity contribution >= 4 is 11.6 Å². The van der Waals surface area contributed by atoms with E-state index in [0.717, 1.165) is 39.3 Å². The monoisotopic (exact) mass is 330 g/mol. The molecule has 5 nitrogen and oxygen atoms in total. The van der Waals surface area contributed by atoms with E-state index in [1.54, 1.807) is 6.07 Å². The smallest absolute Gasteiger partial charge is 0.256 e. The van der Waals surface area contributed by atoms with Gasteiger partial charge in [-0.3, -0.25) is 14.6 Å². The van der Waals surface area contributed by atoms with Crippen LogP contribution in [0.25, 0.3) is 0 Å². The first-order valence-electron chi connectivity index (χ1n) is 9.18. The highest BCUT2D eigenvalue weighted by Gasteiger charge is 2.28. The molecular weight excluding hydrogens is 300 g/mol. The number of rotatable bonds is 4. The first kappa shape index (κ1) is 17.2. The molecule has 2 N–H and O–H groups in total. The zero-order valence-corrected chi connectivity index (χ0v) is 14.9. The molecular formula is C19H30N4O. The molecule has 0 radical (unpaired) electrons. The van der Waals surface area contributed by atoms with E-state index < -0.39 is 0 Å². The molecule has 3 rings (SSSR count). The Morgan fingerprint density at radius 3 is 2.29 bits per heavy atom. The molecule has 132 valence electrons. The largest absolute Gasteiger partial charge is 0.398 e. The molecule has 24 heavy (non-hydrogen) atoms. The Morgan fingerprint density at radius 2 is 1.67 bits per heavy atom. The topological polar surface area (TPSA) is 52.8 Å². The van der Waals surface area contributed by atoms with E-state index in [2.05, 4.69) is 23.6 Å². The van der Waals surface area contributed by atoms with Gasteiger partial charge in [0.1, 0.15) is 0 Å². The molecule has 2 aliphatic rings. The zero-order valence-electron chi connectivity index (χ0n) is 14.9. The molecule has 2 unspecified atom stereocenters. The number of nitrogens with two attached hydrogens (primary N) is 1. The number of nitrogen functional groups attached to an aromatic ring is 1. The summed E-state index contributed by atoms with van der Waals surface area (Å²) in [5.74, 6) is 0.0644. The predicted octanol–water partition coefficient (Wildman–Crippen LogP) is 1.90. The van der Waals surface area contributed by atoms with Gasteiger partial charge in [-0.2, -0.15) is 0 Å². The third-order valence-electron chi connectivity index (χ3n) is 5.66. The number of amides is 1. The van der Waals surface area contributed by atoms with E-state index >= 15 is 0 Å². The third kappa shape index (κ3) is 3.73. The molecule has 2 aliphatic heterocycles. The molecule has 1 amide bonds. The fourth-order valence-corrected chi connectivity index (χ4v) is 3.98. The van der Waals surface area contributed by atoms with Crippen molar-refractivity contribution in [2.24, 2.45) is 0 Å². The van der Waals surface area contributed by atoms with Crippen molar-refractivity contribution < 1.29 is 4.79 Å². The van der Waals surface area contributed by atoms with Gasteiger partial charge in [0.2, 0.25) is 0 Å². The lowest BCUT2D eigenvalue weighted by molar-refractivity contribution is 0.0615. The van der Waals surface area contributed by atoms with Crippen LogP contribution in [0.4, 0.5) is 5.69 Å². The minimum Gasteiger partial charge on any atom is -0.398 e. The summed E-state index contributed by atoms with van der Waals surface area (Å²) in [6.45, 7) is 10.4. The van der Waals surface area contributed by atoms with Crippen LogP contribution in [0.5, 0.6) is 0 Å². The second kappa shape index (κ2) is 7.53. The second-order valence-corrected chi connectivity index (χ2v) is 7.23. The van der Waals surface area contributed by atoms with Crippen molar-refractivity contribution in [2.75, 3.05) is 45.0 Å². The maximum atomic E-state index is 12.6. The summed E-state index contributed by atoms with van der Waals surface area (Å²) in [6, 6.07) is 8.78. The molecule has 1 aromatic rings. The maximum Gasteiger partial charge on any atom is 0.256 e. The summed E-state index contributed by atoms with van der Waals surface area (Å²) in [5, 5.41) is 0. The van der Waals surface area contributed by atoms with Gasteiger partial charge in [-0.25, -0.2) is 0 Å². The van der Waals surface area contributed by atoms with Gasteiger partial charge in [-0.05, 0) is 38.8 Å². The molecule has 0 saturated carbocycles. The molecule has 0 aliphatic carbocycles. The lowest BCUT2D eigenvalue weighted by atomic mass is 10.1. The Bertz CT molecular complexity index is 558. The lowest BCUT2D eigenvalue weighted by Crippen LogP contribution is -2.51. The molecule has 2 saturated heterocycles. The van der Waals surface area contributed by atoms with Crippen LogP contribution in [0.2, 0.25) is 0 Å². The number of piperazine rings is 1. The lowest BCUT2D eigenvalue weighted by Gasteiger charge is -2.36. The summed E-state index contributed by atoms with van der Waals surface area (Å²) in [4.78, 5) is 19.6. The third-order valence-corrected chi connectivity index (χ3v) is 5.66. The van der Waals surface area contributed by atoms with Crippen LogP contribution in [0.1, 0.15) is 37.0 Å². The molecule has 5 heteroatoms. The number of benzene rings is 1. The van der Waals surface area contributed by atoms with Crippen LogP contribution < -0.4 is 5.73 Å².